The molecule has 0 spiro atoms. The van der Waals surface area contributed by atoms with E-state index in [0.717, 1.165) is 0 Å². The topological polar surface area (TPSA) is 127 Å². The highest BCUT2D eigenvalue weighted by Gasteiger charge is 2.46. The van der Waals surface area contributed by atoms with Crippen LogP contribution in [-0.4, -0.2) is 57.7 Å². The van der Waals surface area contributed by atoms with Crippen LogP contribution in [0.2, 0.25) is 0 Å². The van der Waals surface area contributed by atoms with Crippen LogP contribution >= 0.6 is 11.3 Å². The van der Waals surface area contributed by atoms with Gasteiger partial charge in [-0.25, -0.2) is 13.4 Å². The number of hydrogen-bond donors (Lipinski definition) is 2. The van der Waals surface area contributed by atoms with Gasteiger partial charge in [-0.05, 0) is 26.7 Å². The van der Waals surface area contributed by atoms with E-state index in [1.807, 2.05) is 0 Å². The van der Waals surface area contributed by atoms with Crippen molar-refractivity contribution in [3.63, 3.8) is 0 Å². The zero-order chi connectivity index (χ0) is 18.1. The molecule has 136 valence electrons. The van der Waals surface area contributed by atoms with Gasteiger partial charge in [-0.2, -0.15) is 4.98 Å². The van der Waals surface area contributed by atoms with E-state index in [4.69, 9.17) is 4.74 Å². The Balaban J connectivity index is 1.75. The standard InChI is InChI=1S/C14H19N5O4S2/c1-14(2,25(21,22)9-3-6-23-7-4-9)12(20)17-13-16-10(18-19-13)11-15-5-8-24-11/h5,8-9H,3-4,6-7H2,1-2H3,(H2,16,17,18,19,20). The first kappa shape index (κ1) is 18.0. The number of aromatic amines is 1. The van der Waals surface area contributed by atoms with Crippen molar-refractivity contribution in [3.8, 4) is 10.8 Å². The highest BCUT2D eigenvalue weighted by Crippen LogP contribution is 2.28. The van der Waals surface area contributed by atoms with Gasteiger partial charge < -0.3 is 4.74 Å². The van der Waals surface area contributed by atoms with Gasteiger partial charge in [0, 0.05) is 24.8 Å². The number of nitrogens with zero attached hydrogens (tertiary/aromatic N) is 3. The van der Waals surface area contributed by atoms with Crippen LogP contribution in [0.1, 0.15) is 26.7 Å². The van der Waals surface area contributed by atoms with Gasteiger partial charge in [-0.3, -0.25) is 15.2 Å². The summed E-state index contributed by atoms with van der Waals surface area (Å²) in [7, 11) is -3.69. The molecule has 3 rings (SSSR count). The summed E-state index contributed by atoms with van der Waals surface area (Å²) in [4.78, 5) is 20.8. The summed E-state index contributed by atoms with van der Waals surface area (Å²) < 4.78 is 29.3. The lowest BCUT2D eigenvalue weighted by atomic mass is 10.2. The highest BCUT2D eigenvalue weighted by molar-refractivity contribution is 7.94. The quantitative estimate of drug-likeness (QED) is 0.792. The summed E-state index contributed by atoms with van der Waals surface area (Å²) in [6.45, 7) is 3.59. The van der Waals surface area contributed by atoms with Gasteiger partial charge in [-0.15, -0.1) is 16.4 Å². The van der Waals surface area contributed by atoms with Crippen molar-refractivity contribution in [1.29, 1.82) is 0 Å². The summed E-state index contributed by atoms with van der Waals surface area (Å²) in [6.07, 6.45) is 2.42. The molecule has 0 aliphatic carbocycles. The molecule has 2 N–H and O–H groups in total. The molecule has 9 nitrogen and oxygen atoms in total. The van der Waals surface area contributed by atoms with E-state index in [1.54, 1.807) is 11.6 Å². The molecule has 1 saturated heterocycles. The Hall–Kier alpha value is -1.85. The Bertz CT molecular complexity index is 838. The number of anilines is 1. The number of ether oxygens (including phenoxy) is 1. The van der Waals surface area contributed by atoms with Gasteiger partial charge in [0.25, 0.3) is 0 Å². The van der Waals surface area contributed by atoms with Crippen molar-refractivity contribution < 1.29 is 17.9 Å². The molecule has 2 aromatic rings. The fourth-order valence-electron chi connectivity index (χ4n) is 2.54. The average molecular weight is 385 g/mol. The largest absolute Gasteiger partial charge is 0.381 e. The number of carbonyl (C=O) groups excluding carboxylic acids is 1. The van der Waals surface area contributed by atoms with E-state index in [9.17, 15) is 13.2 Å². The third-order valence-corrected chi connectivity index (χ3v) is 7.95. The molecule has 3 heterocycles. The van der Waals surface area contributed by atoms with Crippen LogP contribution in [0.3, 0.4) is 0 Å². The summed E-state index contributed by atoms with van der Waals surface area (Å²) in [6, 6.07) is 0. The summed E-state index contributed by atoms with van der Waals surface area (Å²) in [5, 5.41) is 10.9. The van der Waals surface area contributed by atoms with Gasteiger partial charge in [0.05, 0.1) is 5.25 Å². The van der Waals surface area contributed by atoms with Crippen LogP contribution in [0.25, 0.3) is 10.8 Å². The van der Waals surface area contributed by atoms with Crippen molar-refractivity contribution in [3.05, 3.63) is 11.6 Å². The molecule has 1 amide bonds. The Morgan fingerprint density at radius 1 is 1.40 bits per heavy atom. The van der Waals surface area contributed by atoms with Crippen molar-refractivity contribution >= 4 is 33.0 Å². The van der Waals surface area contributed by atoms with E-state index < -0.39 is 25.7 Å². The second-order valence-electron chi connectivity index (χ2n) is 6.17. The van der Waals surface area contributed by atoms with Crippen LogP contribution < -0.4 is 5.32 Å². The molecule has 25 heavy (non-hydrogen) atoms. The van der Waals surface area contributed by atoms with E-state index in [2.05, 4.69) is 25.5 Å². The normalized spacial score (nSPS) is 16.7. The second kappa shape index (κ2) is 6.81. The Labute approximate surface area is 149 Å². The van der Waals surface area contributed by atoms with Gasteiger partial charge in [-0.1, -0.05) is 0 Å². The molecule has 1 aliphatic heterocycles. The lowest BCUT2D eigenvalue weighted by molar-refractivity contribution is -0.117. The summed E-state index contributed by atoms with van der Waals surface area (Å²) in [5.41, 5.74) is 0. The van der Waals surface area contributed by atoms with Gasteiger partial charge >= 0.3 is 0 Å². The maximum absolute atomic E-state index is 12.9. The number of thiazole rings is 1. The van der Waals surface area contributed by atoms with E-state index in [-0.39, 0.29) is 5.95 Å². The predicted octanol–water partition coefficient (Wildman–Crippen LogP) is 1.24. The number of nitrogens with one attached hydrogen (secondary N) is 2. The van der Waals surface area contributed by atoms with Crippen LogP contribution in [0, 0.1) is 0 Å². The first-order valence-corrected chi connectivity index (χ1v) is 10.2. The van der Waals surface area contributed by atoms with Crippen LogP contribution in [-0.2, 0) is 19.4 Å². The highest BCUT2D eigenvalue weighted by atomic mass is 32.2. The maximum Gasteiger partial charge on any atom is 0.249 e. The van der Waals surface area contributed by atoms with Crippen molar-refractivity contribution in [2.24, 2.45) is 0 Å². The van der Waals surface area contributed by atoms with Gasteiger partial charge in [0.2, 0.25) is 11.9 Å². The molecule has 1 fully saturated rings. The van der Waals surface area contributed by atoms with Crippen LogP contribution in [0.4, 0.5) is 5.95 Å². The Morgan fingerprint density at radius 3 is 2.76 bits per heavy atom. The van der Waals surface area contributed by atoms with Gasteiger partial charge in [0.15, 0.2) is 20.7 Å². The minimum atomic E-state index is -3.69. The Kier molecular flexibility index (Phi) is 4.89. The number of aromatic nitrogens is 4. The molecule has 0 atom stereocenters. The zero-order valence-electron chi connectivity index (χ0n) is 13.9. The molecular formula is C14H19N5O4S2. The monoisotopic (exact) mass is 385 g/mol. The molecule has 0 radical (unpaired) electrons. The number of H-pyrrole nitrogens is 1. The molecule has 0 saturated carbocycles. The van der Waals surface area contributed by atoms with E-state index >= 15 is 0 Å². The zero-order valence-corrected chi connectivity index (χ0v) is 15.5. The number of amides is 1. The molecule has 2 aromatic heterocycles. The van der Waals surface area contributed by atoms with Crippen molar-refractivity contribution in [1.82, 2.24) is 20.2 Å². The lowest BCUT2D eigenvalue weighted by Crippen LogP contribution is -2.50. The molecule has 0 unspecified atom stereocenters. The molecule has 0 aromatic carbocycles. The molecule has 0 bridgehead atoms. The number of carbonyl (C=O) groups is 1. The van der Waals surface area contributed by atoms with Crippen molar-refractivity contribution in [2.45, 2.75) is 36.7 Å². The van der Waals surface area contributed by atoms with E-state index in [1.165, 1.54) is 25.2 Å². The number of hydrogen-bond acceptors (Lipinski definition) is 8. The third-order valence-electron chi connectivity index (χ3n) is 4.21. The summed E-state index contributed by atoms with van der Waals surface area (Å²) >= 11 is 1.37. The number of sulfone groups is 1. The molecule has 1 aliphatic rings. The van der Waals surface area contributed by atoms with Crippen molar-refractivity contribution in [2.75, 3.05) is 18.5 Å². The average Bonchev–Trinajstić information content (AvgIpc) is 3.26. The number of rotatable bonds is 5. The fraction of sp³-hybridized carbons (Fsp3) is 0.571. The predicted molar refractivity (Wildman–Crippen MR) is 93.0 cm³/mol. The first-order valence-electron chi connectivity index (χ1n) is 7.77. The minimum Gasteiger partial charge on any atom is -0.381 e. The molecular weight excluding hydrogens is 366 g/mol. The van der Waals surface area contributed by atoms with Crippen LogP contribution in [0.15, 0.2) is 11.6 Å². The lowest BCUT2D eigenvalue weighted by Gasteiger charge is -2.30. The Morgan fingerprint density at radius 2 is 2.12 bits per heavy atom. The minimum absolute atomic E-state index is 0.0189. The van der Waals surface area contributed by atoms with Crippen LogP contribution in [0.5, 0.6) is 0 Å². The first-order chi connectivity index (χ1) is 11.8. The fourth-order valence-corrected chi connectivity index (χ4v) is 5.07. The molecule has 11 heteroatoms. The third kappa shape index (κ3) is 3.44. The summed E-state index contributed by atoms with van der Waals surface area (Å²) in [5.74, 6) is -0.232. The van der Waals surface area contributed by atoms with E-state index in [0.29, 0.717) is 36.9 Å². The SMILES string of the molecule is CC(C)(C(=O)Nc1n[nH]c(-c2nccs2)n1)S(=O)(=O)C1CCOCC1. The van der Waals surface area contributed by atoms with Gasteiger partial charge in [0.1, 0.15) is 4.75 Å². The maximum atomic E-state index is 12.9. The second-order valence-corrected chi connectivity index (χ2v) is 9.84. The smallest absolute Gasteiger partial charge is 0.249 e.